The highest BCUT2D eigenvalue weighted by molar-refractivity contribution is 5.94. The van der Waals surface area contributed by atoms with Crippen LogP contribution in [0.15, 0.2) is 48.5 Å². The molecule has 1 unspecified atom stereocenters. The molecule has 2 aromatic carbocycles. The predicted octanol–water partition coefficient (Wildman–Crippen LogP) is 2.83. The number of aryl methyl sites for hydroxylation is 1. The van der Waals surface area contributed by atoms with Gasteiger partial charge in [-0.25, -0.2) is 0 Å². The highest BCUT2D eigenvalue weighted by Crippen LogP contribution is 2.22. The van der Waals surface area contributed by atoms with Gasteiger partial charge in [-0.05, 0) is 49.6 Å². The summed E-state index contributed by atoms with van der Waals surface area (Å²) in [6.45, 7) is 2.96. The minimum Gasteiger partial charge on any atom is -0.484 e. The van der Waals surface area contributed by atoms with E-state index in [0.29, 0.717) is 24.5 Å². The Bertz CT molecular complexity index is 808. The molecule has 1 atom stereocenters. The number of rotatable bonds is 5. The molecule has 0 aliphatic carbocycles. The lowest BCUT2D eigenvalue weighted by atomic mass is 9.96. The summed E-state index contributed by atoms with van der Waals surface area (Å²) in [4.78, 5) is 26.8. The molecular formula is C21H25N3O3. The Labute approximate surface area is 159 Å². The lowest BCUT2D eigenvalue weighted by molar-refractivity contribution is -0.136. The van der Waals surface area contributed by atoms with Gasteiger partial charge in [0.2, 0.25) is 5.91 Å². The zero-order valence-corrected chi connectivity index (χ0v) is 15.5. The quantitative estimate of drug-likeness (QED) is 0.796. The first-order valence-electron chi connectivity index (χ1n) is 9.15. The van der Waals surface area contributed by atoms with Gasteiger partial charge in [0.15, 0.2) is 6.61 Å². The van der Waals surface area contributed by atoms with Gasteiger partial charge in [-0.3, -0.25) is 9.59 Å². The first kappa shape index (κ1) is 18.8. The number of nitrogens with two attached hydrogens (primary N) is 1. The second kappa shape index (κ2) is 8.58. The number of carbonyl (C=O) groups excluding carboxylic acids is 2. The van der Waals surface area contributed by atoms with Crippen LogP contribution in [0.2, 0.25) is 0 Å². The molecule has 3 rings (SSSR count). The fourth-order valence-electron chi connectivity index (χ4n) is 3.18. The van der Waals surface area contributed by atoms with Gasteiger partial charge in [-0.15, -0.1) is 0 Å². The van der Waals surface area contributed by atoms with E-state index in [2.05, 4.69) is 5.32 Å². The second-order valence-electron chi connectivity index (χ2n) is 6.84. The van der Waals surface area contributed by atoms with Crippen molar-refractivity contribution in [3.8, 4) is 5.75 Å². The van der Waals surface area contributed by atoms with E-state index < -0.39 is 0 Å². The van der Waals surface area contributed by atoms with Crippen LogP contribution in [-0.4, -0.2) is 36.4 Å². The zero-order valence-electron chi connectivity index (χ0n) is 15.5. The lowest BCUT2D eigenvalue weighted by Gasteiger charge is -2.32. The fraction of sp³-hybridized carbons (Fsp3) is 0.333. The third-order valence-corrected chi connectivity index (χ3v) is 4.77. The molecule has 2 amide bonds. The van der Waals surface area contributed by atoms with Crippen molar-refractivity contribution in [1.82, 2.24) is 4.90 Å². The van der Waals surface area contributed by atoms with Crippen molar-refractivity contribution in [2.75, 3.05) is 30.7 Å². The number of ether oxygens (including phenoxy) is 1. The molecule has 1 fully saturated rings. The average Bonchev–Trinajstić information content (AvgIpc) is 2.69. The van der Waals surface area contributed by atoms with Gasteiger partial charge in [0.1, 0.15) is 5.75 Å². The molecule has 6 nitrogen and oxygen atoms in total. The van der Waals surface area contributed by atoms with Gasteiger partial charge in [-0.2, -0.15) is 0 Å². The van der Waals surface area contributed by atoms with Crippen molar-refractivity contribution in [1.29, 1.82) is 0 Å². The fourth-order valence-corrected chi connectivity index (χ4v) is 3.18. The van der Waals surface area contributed by atoms with Crippen molar-refractivity contribution < 1.29 is 14.3 Å². The number of hydrogen-bond acceptors (Lipinski definition) is 4. The summed E-state index contributed by atoms with van der Waals surface area (Å²) in [5.41, 5.74) is 8.09. The lowest BCUT2D eigenvalue weighted by Crippen LogP contribution is -2.45. The normalized spacial score (nSPS) is 16.6. The molecule has 1 aliphatic heterocycles. The van der Waals surface area contributed by atoms with Crippen LogP contribution in [0, 0.1) is 12.8 Å². The summed E-state index contributed by atoms with van der Waals surface area (Å²) < 4.78 is 5.54. The van der Waals surface area contributed by atoms with Gasteiger partial charge < -0.3 is 20.7 Å². The standard InChI is InChI=1S/C21H25N3O3/c1-15-9-10-17(22)12-19(15)23-21(26)16-6-5-11-24(13-16)20(25)14-27-18-7-3-2-4-8-18/h2-4,7-10,12,16H,5-6,11,13-14,22H2,1H3,(H,23,26). The number of piperidine rings is 1. The van der Waals surface area contributed by atoms with Gasteiger partial charge in [0.05, 0.1) is 5.92 Å². The van der Waals surface area contributed by atoms with E-state index in [-0.39, 0.29) is 24.3 Å². The SMILES string of the molecule is Cc1ccc(N)cc1NC(=O)C1CCCN(C(=O)COc2ccccc2)C1. The van der Waals surface area contributed by atoms with Gasteiger partial charge >= 0.3 is 0 Å². The van der Waals surface area contributed by atoms with Crippen molar-refractivity contribution in [3.63, 3.8) is 0 Å². The number of carbonyl (C=O) groups is 2. The molecular weight excluding hydrogens is 342 g/mol. The molecule has 142 valence electrons. The monoisotopic (exact) mass is 367 g/mol. The Morgan fingerprint density at radius 3 is 2.78 bits per heavy atom. The number of anilines is 2. The van der Waals surface area contributed by atoms with Crippen molar-refractivity contribution >= 4 is 23.2 Å². The van der Waals surface area contributed by atoms with Crippen LogP contribution in [0.3, 0.4) is 0 Å². The predicted molar refractivity (Wildman–Crippen MR) is 105 cm³/mol. The Morgan fingerprint density at radius 1 is 1.22 bits per heavy atom. The summed E-state index contributed by atoms with van der Waals surface area (Å²) in [5, 5.41) is 2.95. The summed E-state index contributed by atoms with van der Waals surface area (Å²) in [5.74, 6) is 0.246. The van der Waals surface area contributed by atoms with E-state index in [9.17, 15) is 9.59 Å². The van der Waals surface area contributed by atoms with Crippen molar-refractivity contribution in [2.45, 2.75) is 19.8 Å². The van der Waals surface area contributed by atoms with E-state index in [1.165, 1.54) is 0 Å². The molecule has 0 saturated carbocycles. The smallest absolute Gasteiger partial charge is 0.260 e. The Balaban J connectivity index is 1.55. The number of nitrogens with zero attached hydrogens (tertiary/aromatic N) is 1. The summed E-state index contributed by atoms with van der Waals surface area (Å²) >= 11 is 0. The largest absolute Gasteiger partial charge is 0.484 e. The van der Waals surface area contributed by atoms with E-state index in [0.717, 1.165) is 24.1 Å². The highest BCUT2D eigenvalue weighted by Gasteiger charge is 2.28. The minimum absolute atomic E-state index is 0.0212. The summed E-state index contributed by atoms with van der Waals surface area (Å²) in [6, 6.07) is 14.7. The van der Waals surface area contributed by atoms with Gasteiger partial charge in [-0.1, -0.05) is 24.3 Å². The molecule has 3 N–H and O–H groups in total. The third kappa shape index (κ3) is 5.00. The zero-order chi connectivity index (χ0) is 19.2. The molecule has 1 saturated heterocycles. The summed E-state index contributed by atoms with van der Waals surface area (Å²) in [6.07, 6.45) is 1.56. The van der Waals surface area contributed by atoms with Crippen molar-refractivity contribution in [3.05, 3.63) is 54.1 Å². The Hall–Kier alpha value is -3.02. The maximum atomic E-state index is 12.7. The molecule has 0 spiro atoms. The molecule has 0 radical (unpaired) electrons. The first-order valence-corrected chi connectivity index (χ1v) is 9.15. The van der Waals surface area contributed by atoms with E-state index in [1.54, 1.807) is 17.0 Å². The molecule has 0 aromatic heterocycles. The third-order valence-electron chi connectivity index (χ3n) is 4.77. The molecule has 2 aromatic rings. The highest BCUT2D eigenvalue weighted by atomic mass is 16.5. The number of likely N-dealkylation sites (tertiary alicyclic amines) is 1. The molecule has 1 aliphatic rings. The van der Waals surface area contributed by atoms with Crippen molar-refractivity contribution in [2.24, 2.45) is 5.92 Å². The second-order valence-corrected chi connectivity index (χ2v) is 6.84. The average molecular weight is 367 g/mol. The minimum atomic E-state index is -0.236. The number of amides is 2. The number of nitrogen functional groups attached to an aromatic ring is 1. The van der Waals surface area contributed by atoms with Gasteiger partial charge in [0.25, 0.3) is 5.91 Å². The molecule has 6 heteroatoms. The van der Waals surface area contributed by atoms with Crippen LogP contribution < -0.4 is 15.8 Å². The van der Waals surface area contributed by atoms with Crippen LogP contribution in [-0.2, 0) is 9.59 Å². The Kier molecular flexibility index (Phi) is 5.96. The molecule has 27 heavy (non-hydrogen) atoms. The van der Waals surface area contributed by atoms with Crippen LogP contribution in [0.4, 0.5) is 11.4 Å². The Morgan fingerprint density at radius 2 is 2.00 bits per heavy atom. The van der Waals surface area contributed by atoms with Crippen LogP contribution in [0.5, 0.6) is 5.75 Å². The molecule has 1 heterocycles. The van der Waals surface area contributed by atoms with Crippen LogP contribution in [0.25, 0.3) is 0 Å². The number of benzene rings is 2. The van der Waals surface area contributed by atoms with E-state index in [1.807, 2.05) is 43.3 Å². The van der Waals surface area contributed by atoms with E-state index >= 15 is 0 Å². The number of nitrogens with one attached hydrogen (secondary N) is 1. The van der Waals surface area contributed by atoms with Crippen LogP contribution >= 0.6 is 0 Å². The van der Waals surface area contributed by atoms with E-state index in [4.69, 9.17) is 10.5 Å². The van der Waals surface area contributed by atoms with Gasteiger partial charge in [0, 0.05) is 24.5 Å². The topological polar surface area (TPSA) is 84.7 Å². The molecule has 0 bridgehead atoms. The maximum Gasteiger partial charge on any atom is 0.260 e. The number of hydrogen-bond donors (Lipinski definition) is 2. The number of para-hydroxylation sites is 1. The first-order chi connectivity index (χ1) is 13.0. The summed E-state index contributed by atoms with van der Waals surface area (Å²) in [7, 11) is 0. The van der Waals surface area contributed by atoms with Crippen LogP contribution in [0.1, 0.15) is 18.4 Å². The maximum absolute atomic E-state index is 12.7.